The van der Waals surface area contributed by atoms with E-state index in [0.717, 1.165) is 12.8 Å². The molecule has 1 aromatic rings. The van der Waals surface area contributed by atoms with Gasteiger partial charge in [-0.3, -0.25) is 9.59 Å². The number of unbranched alkanes of at least 4 members (excludes halogenated alkanes) is 2. The quantitative estimate of drug-likeness (QED) is 0.520. The van der Waals surface area contributed by atoms with Crippen LogP contribution in [0.3, 0.4) is 0 Å². The summed E-state index contributed by atoms with van der Waals surface area (Å²) in [6, 6.07) is 0.648. The van der Waals surface area contributed by atoms with E-state index in [9.17, 15) is 14.4 Å². The van der Waals surface area contributed by atoms with Crippen molar-refractivity contribution in [3.63, 3.8) is 0 Å². The number of rotatable bonds is 9. The fraction of sp³-hybridized carbons (Fsp3) is 0.571. The summed E-state index contributed by atoms with van der Waals surface area (Å²) in [5.41, 5.74) is -0.0271. The highest BCUT2D eigenvalue weighted by atomic mass is 16.5. The normalized spacial score (nSPS) is 11.7. The van der Waals surface area contributed by atoms with E-state index < -0.39 is 12.0 Å². The van der Waals surface area contributed by atoms with Gasteiger partial charge in [-0.25, -0.2) is 9.48 Å². The number of aromatic nitrogens is 2. The molecular weight excluding hydrogens is 290 g/mol. The third-order valence-electron chi connectivity index (χ3n) is 3.22. The van der Waals surface area contributed by atoms with Gasteiger partial charge in [-0.2, -0.15) is 5.10 Å². The van der Waals surface area contributed by atoms with Crippen molar-refractivity contribution in [2.45, 2.75) is 38.6 Å². The number of nitrogens with zero attached hydrogens (tertiary/aromatic N) is 2. The Kier molecular flexibility index (Phi) is 7.07. The van der Waals surface area contributed by atoms with Gasteiger partial charge in [0.15, 0.2) is 0 Å². The highest BCUT2D eigenvalue weighted by molar-refractivity contribution is 5.87. The molecule has 1 heterocycles. The molecule has 1 amide bonds. The van der Waals surface area contributed by atoms with Crippen LogP contribution in [0.1, 0.15) is 49.1 Å². The number of amides is 1. The van der Waals surface area contributed by atoms with Crippen LogP contribution in [-0.2, 0) is 14.3 Å². The lowest BCUT2D eigenvalue weighted by molar-refractivity contribution is -0.140. The SMILES string of the molecule is COC(=O)CCCCCNC(=O)C(C)n1nccc1C(=O)O. The van der Waals surface area contributed by atoms with Crippen LogP contribution >= 0.6 is 0 Å². The fourth-order valence-electron chi connectivity index (χ4n) is 1.94. The predicted molar refractivity (Wildman–Crippen MR) is 77.4 cm³/mol. The Hall–Kier alpha value is -2.38. The van der Waals surface area contributed by atoms with Crippen molar-refractivity contribution in [1.82, 2.24) is 15.1 Å². The Morgan fingerprint density at radius 3 is 2.73 bits per heavy atom. The molecule has 22 heavy (non-hydrogen) atoms. The molecule has 0 saturated carbocycles. The lowest BCUT2D eigenvalue weighted by Crippen LogP contribution is -2.33. The molecule has 1 rings (SSSR count). The number of aromatic carboxylic acids is 1. The highest BCUT2D eigenvalue weighted by Crippen LogP contribution is 2.09. The maximum Gasteiger partial charge on any atom is 0.354 e. The van der Waals surface area contributed by atoms with Gasteiger partial charge < -0.3 is 15.2 Å². The summed E-state index contributed by atoms with van der Waals surface area (Å²) in [5, 5.41) is 15.6. The van der Waals surface area contributed by atoms with Gasteiger partial charge in [0.25, 0.3) is 0 Å². The van der Waals surface area contributed by atoms with E-state index >= 15 is 0 Å². The Labute approximate surface area is 128 Å². The van der Waals surface area contributed by atoms with E-state index in [1.54, 1.807) is 6.92 Å². The van der Waals surface area contributed by atoms with Crippen molar-refractivity contribution in [3.05, 3.63) is 18.0 Å². The molecule has 122 valence electrons. The Morgan fingerprint density at radius 1 is 1.36 bits per heavy atom. The summed E-state index contributed by atoms with van der Waals surface area (Å²) in [5.74, 6) is -1.66. The van der Waals surface area contributed by atoms with Crippen LogP contribution in [0, 0.1) is 0 Å². The van der Waals surface area contributed by atoms with Crippen LogP contribution in [0.4, 0.5) is 0 Å². The van der Waals surface area contributed by atoms with Gasteiger partial charge in [0, 0.05) is 19.2 Å². The van der Waals surface area contributed by atoms with E-state index in [0.29, 0.717) is 19.4 Å². The second-order valence-electron chi connectivity index (χ2n) is 4.82. The first-order valence-electron chi connectivity index (χ1n) is 7.08. The van der Waals surface area contributed by atoms with Gasteiger partial charge in [-0.1, -0.05) is 6.42 Å². The fourth-order valence-corrected chi connectivity index (χ4v) is 1.94. The molecule has 1 aromatic heterocycles. The van der Waals surface area contributed by atoms with E-state index in [1.807, 2.05) is 0 Å². The van der Waals surface area contributed by atoms with Gasteiger partial charge in [0.1, 0.15) is 11.7 Å². The lowest BCUT2D eigenvalue weighted by Gasteiger charge is -2.14. The number of carboxylic acids is 1. The minimum absolute atomic E-state index is 0.0271. The summed E-state index contributed by atoms with van der Waals surface area (Å²) >= 11 is 0. The van der Waals surface area contributed by atoms with Crippen LogP contribution in [0.2, 0.25) is 0 Å². The average Bonchev–Trinajstić information content (AvgIpc) is 2.98. The zero-order chi connectivity index (χ0) is 16.5. The maximum absolute atomic E-state index is 12.0. The zero-order valence-electron chi connectivity index (χ0n) is 12.7. The number of carbonyl (C=O) groups excluding carboxylic acids is 2. The molecule has 1 atom stereocenters. The number of nitrogens with one attached hydrogen (secondary N) is 1. The van der Waals surface area contributed by atoms with Crippen molar-refractivity contribution in [1.29, 1.82) is 0 Å². The van der Waals surface area contributed by atoms with E-state index in [4.69, 9.17) is 5.11 Å². The van der Waals surface area contributed by atoms with E-state index in [2.05, 4.69) is 15.2 Å². The van der Waals surface area contributed by atoms with Crippen molar-refractivity contribution in [2.75, 3.05) is 13.7 Å². The van der Waals surface area contributed by atoms with Crippen LogP contribution < -0.4 is 5.32 Å². The molecule has 0 aromatic carbocycles. The van der Waals surface area contributed by atoms with Gasteiger partial charge in [-0.05, 0) is 25.8 Å². The summed E-state index contributed by atoms with van der Waals surface area (Å²) in [6.45, 7) is 2.06. The molecular formula is C14H21N3O5. The van der Waals surface area contributed by atoms with Crippen molar-refractivity contribution in [3.8, 4) is 0 Å². The Bertz CT molecular complexity index is 526. The standard InChI is InChI=1S/C14H21N3O5/c1-10(17-11(14(20)21)7-9-16-17)13(19)15-8-5-3-4-6-12(18)22-2/h7,9-10H,3-6,8H2,1-2H3,(H,15,19)(H,20,21). The third kappa shape index (κ3) is 5.19. The topological polar surface area (TPSA) is 111 Å². The molecule has 0 aliphatic carbocycles. The largest absolute Gasteiger partial charge is 0.477 e. The first-order chi connectivity index (χ1) is 10.5. The van der Waals surface area contributed by atoms with Crippen LogP contribution in [0.15, 0.2) is 12.3 Å². The van der Waals surface area contributed by atoms with Gasteiger partial charge in [0.05, 0.1) is 7.11 Å². The number of hydrogen-bond acceptors (Lipinski definition) is 5. The molecule has 0 fully saturated rings. The molecule has 1 unspecified atom stereocenters. The number of ether oxygens (including phenoxy) is 1. The molecule has 2 N–H and O–H groups in total. The van der Waals surface area contributed by atoms with Crippen molar-refractivity contribution in [2.24, 2.45) is 0 Å². The molecule has 0 aliphatic rings. The molecule has 8 heteroatoms. The van der Waals surface area contributed by atoms with Gasteiger partial charge in [-0.15, -0.1) is 0 Å². The zero-order valence-corrected chi connectivity index (χ0v) is 12.7. The Morgan fingerprint density at radius 2 is 2.09 bits per heavy atom. The molecule has 0 bridgehead atoms. The summed E-state index contributed by atoms with van der Waals surface area (Å²) < 4.78 is 5.71. The minimum Gasteiger partial charge on any atom is -0.477 e. The predicted octanol–water partition coefficient (Wildman–Crippen LogP) is 0.992. The molecule has 8 nitrogen and oxygen atoms in total. The highest BCUT2D eigenvalue weighted by Gasteiger charge is 2.20. The minimum atomic E-state index is -1.13. The van der Waals surface area contributed by atoms with Crippen LogP contribution in [0.5, 0.6) is 0 Å². The molecule has 0 saturated heterocycles. The second-order valence-corrected chi connectivity index (χ2v) is 4.82. The molecule has 0 radical (unpaired) electrons. The molecule has 0 aliphatic heterocycles. The van der Waals surface area contributed by atoms with Gasteiger partial charge >= 0.3 is 11.9 Å². The average molecular weight is 311 g/mol. The maximum atomic E-state index is 12.0. The van der Waals surface area contributed by atoms with E-state index in [-0.39, 0.29) is 17.6 Å². The van der Waals surface area contributed by atoms with Crippen molar-refractivity contribution < 1.29 is 24.2 Å². The lowest BCUT2D eigenvalue weighted by atomic mass is 10.2. The number of hydrogen-bond donors (Lipinski definition) is 2. The summed E-state index contributed by atoms with van der Waals surface area (Å²) in [4.78, 5) is 33.9. The van der Waals surface area contributed by atoms with E-state index in [1.165, 1.54) is 24.1 Å². The summed E-state index contributed by atoms with van der Waals surface area (Å²) in [7, 11) is 1.35. The smallest absolute Gasteiger partial charge is 0.354 e. The number of carbonyl (C=O) groups is 3. The van der Waals surface area contributed by atoms with Gasteiger partial charge in [0.2, 0.25) is 5.91 Å². The first-order valence-corrected chi connectivity index (χ1v) is 7.08. The first kappa shape index (κ1) is 17.7. The third-order valence-corrected chi connectivity index (χ3v) is 3.22. The number of carboxylic acid groups (broad SMARTS) is 1. The molecule has 0 spiro atoms. The second kappa shape index (κ2) is 8.81. The van der Waals surface area contributed by atoms with Crippen molar-refractivity contribution >= 4 is 17.8 Å². The number of esters is 1. The monoisotopic (exact) mass is 311 g/mol. The van der Waals surface area contributed by atoms with Crippen LogP contribution in [-0.4, -0.2) is 46.4 Å². The Balaban J connectivity index is 2.32. The number of methoxy groups -OCH3 is 1. The summed E-state index contributed by atoms with van der Waals surface area (Å²) in [6.07, 6.45) is 3.96. The van der Waals surface area contributed by atoms with Crippen LogP contribution in [0.25, 0.3) is 0 Å².